The van der Waals surface area contributed by atoms with Gasteiger partial charge in [0.2, 0.25) is 5.91 Å². The summed E-state index contributed by atoms with van der Waals surface area (Å²) in [6.07, 6.45) is 3.99. The third kappa shape index (κ3) is 7.91. The fraction of sp³-hybridized carbons (Fsp3) is 0.400. The third-order valence-electron chi connectivity index (χ3n) is 5.32. The minimum Gasteiger partial charge on any atom is -0.376 e. The molecule has 8 nitrogen and oxygen atoms in total. The summed E-state index contributed by atoms with van der Waals surface area (Å²) < 4.78 is 5.52. The lowest BCUT2D eigenvalue weighted by molar-refractivity contribution is -0.114. The highest BCUT2D eigenvalue weighted by atomic mass is 16.5. The van der Waals surface area contributed by atoms with Crippen LogP contribution in [0.3, 0.4) is 0 Å². The van der Waals surface area contributed by atoms with Gasteiger partial charge in [-0.05, 0) is 55.7 Å². The Morgan fingerprint density at radius 3 is 2.36 bits per heavy atom. The minimum absolute atomic E-state index is 0.0242. The number of carbonyl (C=O) groups excluding carboxylic acids is 3. The molecule has 3 rings (SSSR count). The minimum atomic E-state index is -0.260. The van der Waals surface area contributed by atoms with Crippen LogP contribution in [0.4, 0.5) is 11.4 Å². The smallest absolute Gasteiger partial charge is 0.251 e. The molecule has 0 aromatic heterocycles. The Bertz CT molecular complexity index is 957. The van der Waals surface area contributed by atoms with E-state index >= 15 is 0 Å². The molecular weight excluding hydrogens is 420 g/mol. The van der Waals surface area contributed by atoms with Gasteiger partial charge < -0.3 is 26.0 Å². The molecule has 4 N–H and O–H groups in total. The number of anilines is 2. The number of benzene rings is 2. The molecule has 2 aromatic carbocycles. The highest BCUT2D eigenvalue weighted by molar-refractivity contribution is 5.98. The van der Waals surface area contributed by atoms with Crippen molar-refractivity contribution in [1.82, 2.24) is 10.6 Å². The van der Waals surface area contributed by atoms with Crippen LogP contribution in [0.15, 0.2) is 48.5 Å². The first kappa shape index (κ1) is 24.3. The van der Waals surface area contributed by atoms with Crippen molar-refractivity contribution in [3.05, 3.63) is 59.7 Å². The molecule has 1 atom stereocenters. The summed E-state index contributed by atoms with van der Waals surface area (Å²) in [5.41, 5.74) is 2.23. The van der Waals surface area contributed by atoms with Gasteiger partial charge in [-0.25, -0.2) is 0 Å². The summed E-state index contributed by atoms with van der Waals surface area (Å²) in [4.78, 5) is 37.0. The third-order valence-corrected chi connectivity index (χ3v) is 5.32. The molecule has 1 aliphatic rings. The number of unbranched alkanes of at least 4 members (excludes halogenated alkanes) is 1. The molecule has 176 valence electrons. The highest BCUT2D eigenvalue weighted by Gasteiger charge is 2.17. The van der Waals surface area contributed by atoms with E-state index in [0.717, 1.165) is 32.3 Å². The fourth-order valence-electron chi connectivity index (χ4n) is 3.49. The monoisotopic (exact) mass is 452 g/mol. The molecule has 0 saturated carbocycles. The largest absolute Gasteiger partial charge is 0.376 e. The normalized spacial score (nSPS) is 15.0. The van der Waals surface area contributed by atoms with Crippen molar-refractivity contribution < 1.29 is 19.1 Å². The van der Waals surface area contributed by atoms with Crippen molar-refractivity contribution in [2.45, 2.75) is 38.7 Å². The zero-order chi connectivity index (χ0) is 23.5. The van der Waals surface area contributed by atoms with Gasteiger partial charge in [-0.1, -0.05) is 25.5 Å². The first-order chi connectivity index (χ1) is 16.0. The van der Waals surface area contributed by atoms with Gasteiger partial charge in [0.1, 0.15) is 0 Å². The Hall–Kier alpha value is -3.39. The van der Waals surface area contributed by atoms with Crippen LogP contribution >= 0.6 is 0 Å². The Labute approximate surface area is 194 Å². The molecule has 2 aromatic rings. The van der Waals surface area contributed by atoms with E-state index in [9.17, 15) is 14.4 Å². The molecule has 8 heteroatoms. The van der Waals surface area contributed by atoms with Gasteiger partial charge in [-0.15, -0.1) is 0 Å². The van der Waals surface area contributed by atoms with E-state index < -0.39 is 0 Å². The number of hydrogen-bond acceptors (Lipinski definition) is 5. The molecule has 1 saturated heterocycles. The summed E-state index contributed by atoms with van der Waals surface area (Å²) in [5.74, 6) is -0.593. The number of carbonyl (C=O) groups is 3. The molecule has 33 heavy (non-hydrogen) atoms. The van der Waals surface area contributed by atoms with Crippen molar-refractivity contribution >= 4 is 29.1 Å². The van der Waals surface area contributed by atoms with Gasteiger partial charge in [0.25, 0.3) is 11.8 Å². The Morgan fingerprint density at radius 1 is 0.970 bits per heavy atom. The maximum atomic E-state index is 12.4. The Morgan fingerprint density at radius 2 is 1.67 bits per heavy atom. The topological polar surface area (TPSA) is 109 Å². The first-order valence-corrected chi connectivity index (χ1v) is 11.5. The molecule has 0 radical (unpaired) electrons. The first-order valence-electron chi connectivity index (χ1n) is 11.5. The van der Waals surface area contributed by atoms with Crippen molar-refractivity contribution in [3.63, 3.8) is 0 Å². The lowest BCUT2D eigenvalue weighted by atomic mass is 10.1. The summed E-state index contributed by atoms with van der Waals surface area (Å²) in [5, 5.41) is 11.6. The maximum absolute atomic E-state index is 12.4. The van der Waals surface area contributed by atoms with Crippen LogP contribution in [0.5, 0.6) is 0 Å². The average molecular weight is 453 g/mol. The van der Waals surface area contributed by atoms with Gasteiger partial charge in [0, 0.05) is 42.2 Å². The van der Waals surface area contributed by atoms with Gasteiger partial charge in [-0.2, -0.15) is 0 Å². The van der Waals surface area contributed by atoms with Crippen LogP contribution in [0.2, 0.25) is 0 Å². The van der Waals surface area contributed by atoms with Crippen molar-refractivity contribution in [2.24, 2.45) is 0 Å². The lowest BCUT2D eigenvalue weighted by Crippen LogP contribution is -2.31. The molecular formula is C25H32N4O4. The fourth-order valence-corrected chi connectivity index (χ4v) is 3.49. The Kier molecular flexibility index (Phi) is 9.26. The molecule has 1 aliphatic heterocycles. The second kappa shape index (κ2) is 12.6. The van der Waals surface area contributed by atoms with Crippen LogP contribution in [-0.2, 0) is 9.53 Å². The van der Waals surface area contributed by atoms with Crippen LogP contribution in [0.1, 0.15) is 53.3 Å². The number of amides is 3. The van der Waals surface area contributed by atoms with E-state index in [1.807, 2.05) is 0 Å². The lowest BCUT2D eigenvalue weighted by Gasteiger charge is -2.12. The maximum Gasteiger partial charge on any atom is 0.251 e. The van der Waals surface area contributed by atoms with Crippen molar-refractivity contribution in [3.8, 4) is 0 Å². The SMILES string of the molecule is CCCCNC(=O)c1cccc(NCC(=O)Nc2cccc(C(=O)NCC3CCCO3)c2)c1. The van der Waals surface area contributed by atoms with E-state index in [4.69, 9.17) is 4.74 Å². The van der Waals surface area contributed by atoms with E-state index in [-0.39, 0.29) is 30.4 Å². The molecule has 3 amide bonds. The predicted octanol–water partition coefficient (Wildman–Crippen LogP) is 3.18. The summed E-state index contributed by atoms with van der Waals surface area (Å²) in [6.45, 7) is 3.96. The second-order valence-corrected chi connectivity index (χ2v) is 8.02. The van der Waals surface area contributed by atoms with Crippen molar-refractivity contribution in [1.29, 1.82) is 0 Å². The standard InChI is InChI=1S/C25H32N4O4/c1-2-3-12-26-24(31)18-7-4-9-20(14-18)27-17-23(30)29-21-10-5-8-19(15-21)25(32)28-16-22-11-6-13-33-22/h4-5,7-10,14-15,22,27H,2-3,6,11-13,16-17H2,1H3,(H,26,31)(H,28,32)(H,29,30). The van der Waals surface area contributed by atoms with Crippen molar-refractivity contribution in [2.75, 3.05) is 36.9 Å². The molecule has 0 aliphatic carbocycles. The zero-order valence-electron chi connectivity index (χ0n) is 19.0. The zero-order valence-corrected chi connectivity index (χ0v) is 19.0. The summed E-state index contributed by atoms with van der Waals surface area (Å²) in [6, 6.07) is 13.8. The van der Waals surface area contributed by atoms with Crippen LogP contribution < -0.4 is 21.3 Å². The van der Waals surface area contributed by atoms with E-state index in [0.29, 0.717) is 35.6 Å². The molecule has 0 bridgehead atoms. The summed E-state index contributed by atoms with van der Waals surface area (Å²) >= 11 is 0. The van der Waals surface area contributed by atoms with Crippen LogP contribution in [-0.4, -0.2) is 50.1 Å². The van der Waals surface area contributed by atoms with E-state index in [1.54, 1.807) is 48.5 Å². The molecule has 1 heterocycles. The quantitative estimate of drug-likeness (QED) is 0.392. The highest BCUT2D eigenvalue weighted by Crippen LogP contribution is 2.14. The van der Waals surface area contributed by atoms with E-state index in [2.05, 4.69) is 28.2 Å². The van der Waals surface area contributed by atoms with Crippen LogP contribution in [0.25, 0.3) is 0 Å². The van der Waals surface area contributed by atoms with Gasteiger partial charge in [0.05, 0.1) is 12.6 Å². The van der Waals surface area contributed by atoms with Gasteiger partial charge in [0.15, 0.2) is 0 Å². The van der Waals surface area contributed by atoms with Crippen LogP contribution in [0, 0.1) is 0 Å². The van der Waals surface area contributed by atoms with E-state index in [1.165, 1.54) is 0 Å². The summed E-state index contributed by atoms with van der Waals surface area (Å²) in [7, 11) is 0. The van der Waals surface area contributed by atoms with Gasteiger partial charge >= 0.3 is 0 Å². The Balaban J connectivity index is 1.47. The average Bonchev–Trinajstić information content (AvgIpc) is 3.35. The second-order valence-electron chi connectivity index (χ2n) is 8.02. The number of ether oxygens (including phenoxy) is 1. The molecule has 1 unspecified atom stereocenters. The molecule has 1 fully saturated rings. The number of hydrogen-bond donors (Lipinski definition) is 4. The van der Waals surface area contributed by atoms with Gasteiger partial charge in [-0.3, -0.25) is 14.4 Å². The molecule has 0 spiro atoms. The number of nitrogens with one attached hydrogen (secondary N) is 4. The number of rotatable bonds is 11. The predicted molar refractivity (Wildman–Crippen MR) is 129 cm³/mol.